The predicted molar refractivity (Wildman–Crippen MR) is 71.3 cm³/mol. The smallest absolute Gasteiger partial charge is 0.230 e. The first-order valence-corrected chi connectivity index (χ1v) is 6.64. The third-order valence-electron chi connectivity index (χ3n) is 2.57. The molecule has 0 aliphatic heterocycles. The minimum atomic E-state index is -0.146. The largest absolute Gasteiger partial charge is 0.508 e. The van der Waals surface area contributed by atoms with E-state index in [9.17, 15) is 4.79 Å². The second-order valence-corrected chi connectivity index (χ2v) is 5.62. The van der Waals surface area contributed by atoms with Gasteiger partial charge in [0.2, 0.25) is 5.91 Å². The Bertz CT molecular complexity index is 374. The minimum absolute atomic E-state index is 0.0370. The number of thioether (sulfide) groups is 1. The highest BCUT2D eigenvalue weighted by atomic mass is 32.2. The Morgan fingerprint density at radius 3 is 2.47 bits per heavy atom. The summed E-state index contributed by atoms with van der Waals surface area (Å²) in [6, 6.07) is 6.85. The molecule has 0 aliphatic rings. The van der Waals surface area contributed by atoms with E-state index in [0.717, 1.165) is 11.3 Å². The molecule has 1 aromatic carbocycles. The second kappa shape index (κ2) is 5.96. The van der Waals surface area contributed by atoms with E-state index in [0.29, 0.717) is 5.75 Å². The molecule has 0 radical (unpaired) electrons. The Hall–Kier alpha value is -1.16. The van der Waals surface area contributed by atoms with Crippen molar-refractivity contribution < 1.29 is 9.90 Å². The summed E-state index contributed by atoms with van der Waals surface area (Å²) in [6.45, 7) is 6.07. The molecule has 17 heavy (non-hydrogen) atoms. The normalized spacial score (nSPS) is 11.2. The van der Waals surface area contributed by atoms with Crippen molar-refractivity contribution in [1.82, 2.24) is 5.32 Å². The Kier molecular flexibility index (Phi) is 4.87. The van der Waals surface area contributed by atoms with Crippen LogP contribution in [0, 0.1) is 0 Å². The van der Waals surface area contributed by atoms with E-state index in [4.69, 9.17) is 5.11 Å². The number of hydrogen-bond acceptors (Lipinski definition) is 3. The van der Waals surface area contributed by atoms with Gasteiger partial charge >= 0.3 is 0 Å². The van der Waals surface area contributed by atoms with Gasteiger partial charge in [-0.15, -0.1) is 11.8 Å². The zero-order chi connectivity index (χ0) is 12.9. The minimum Gasteiger partial charge on any atom is -0.508 e. The molecule has 0 heterocycles. The van der Waals surface area contributed by atoms with Gasteiger partial charge in [0.1, 0.15) is 5.75 Å². The molecule has 4 heteroatoms. The molecule has 0 fully saturated rings. The zero-order valence-electron chi connectivity index (χ0n) is 10.5. The molecule has 2 N–H and O–H groups in total. The standard InChI is InChI=1S/C13H19NO2S/c1-4-13(2,3)14-12(16)9-17-11-7-5-10(15)6-8-11/h5-8,15H,4,9H2,1-3H3,(H,14,16). The number of carbonyl (C=O) groups excluding carboxylic acids is 1. The first-order chi connectivity index (χ1) is 7.93. The van der Waals surface area contributed by atoms with Crippen LogP contribution in [0.15, 0.2) is 29.2 Å². The number of phenols is 1. The molecule has 1 aromatic rings. The quantitative estimate of drug-likeness (QED) is 0.793. The molecule has 0 bridgehead atoms. The average molecular weight is 253 g/mol. The fourth-order valence-corrected chi connectivity index (χ4v) is 1.89. The van der Waals surface area contributed by atoms with Gasteiger partial charge in [-0.2, -0.15) is 0 Å². The second-order valence-electron chi connectivity index (χ2n) is 4.57. The highest BCUT2D eigenvalue weighted by Crippen LogP contribution is 2.20. The lowest BCUT2D eigenvalue weighted by molar-refractivity contribution is -0.120. The van der Waals surface area contributed by atoms with E-state index in [2.05, 4.69) is 5.32 Å². The van der Waals surface area contributed by atoms with Crippen LogP contribution in [-0.2, 0) is 4.79 Å². The van der Waals surface area contributed by atoms with Crippen molar-refractivity contribution in [3.8, 4) is 5.75 Å². The summed E-state index contributed by atoms with van der Waals surface area (Å²) in [7, 11) is 0. The molecule has 0 unspecified atom stereocenters. The van der Waals surface area contributed by atoms with E-state index in [-0.39, 0.29) is 17.2 Å². The van der Waals surface area contributed by atoms with Crippen LogP contribution in [0.4, 0.5) is 0 Å². The zero-order valence-corrected chi connectivity index (χ0v) is 11.3. The van der Waals surface area contributed by atoms with Crippen LogP contribution in [0.3, 0.4) is 0 Å². The van der Waals surface area contributed by atoms with Crippen LogP contribution in [0.5, 0.6) is 5.75 Å². The fraction of sp³-hybridized carbons (Fsp3) is 0.462. The van der Waals surface area contributed by atoms with Gasteiger partial charge in [0, 0.05) is 10.4 Å². The maximum atomic E-state index is 11.7. The third-order valence-corrected chi connectivity index (χ3v) is 3.58. The summed E-state index contributed by atoms with van der Waals surface area (Å²) in [4.78, 5) is 12.7. The Morgan fingerprint density at radius 1 is 1.35 bits per heavy atom. The summed E-state index contributed by atoms with van der Waals surface area (Å²) < 4.78 is 0. The van der Waals surface area contributed by atoms with Gasteiger partial charge in [0.15, 0.2) is 0 Å². The van der Waals surface area contributed by atoms with Gasteiger partial charge in [-0.05, 0) is 44.5 Å². The van der Waals surface area contributed by atoms with Crippen molar-refractivity contribution in [2.24, 2.45) is 0 Å². The molecule has 3 nitrogen and oxygen atoms in total. The fourth-order valence-electron chi connectivity index (χ4n) is 1.19. The Morgan fingerprint density at radius 2 is 1.94 bits per heavy atom. The van der Waals surface area contributed by atoms with Crippen molar-refractivity contribution >= 4 is 17.7 Å². The van der Waals surface area contributed by atoms with E-state index in [1.807, 2.05) is 20.8 Å². The van der Waals surface area contributed by atoms with Gasteiger partial charge in [-0.1, -0.05) is 6.92 Å². The van der Waals surface area contributed by atoms with Crippen molar-refractivity contribution in [3.05, 3.63) is 24.3 Å². The summed E-state index contributed by atoms with van der Waals surface area (Å²) in [6.07, 6.45) is 0.905. The van der Waals surface area contributed by atoms with Crippen molar-refractivity contribution in [2.75, 3.05) is 5.75 Å². The monoisotopic (exact) mass is 253 g/mol. The molecule has 0 aromatic heterocycles. The van der Waals surface area contributed by atoms with Crippen LogP contribution in [0.1, 0.15) is 27.2 Å². The lowest BCUT2D eigenvalue weighted by Gasteiger charge is -2.24. The number of nitrogens with one attached hydrogen (secondary N) is 1. The number of hydrogen-bond donors (Lipinski definition) is 2. The van der Waals surface area contributed by atoms with Gasteiger partial charge < -0.3 is 10.4 Å². The highest BCUT2D eigenvalue weighted by Gasteiger charge is 2.17. The molecule has 1 amide bonds. The lowest BCUT2D eigenvalue weighted by Crippen LogP contribution is -2.43. The first-order valence-electron chi connectivity index (χ1n) is 5.66. The average Bonchev–Trinajstić information content (AvgIpc) is 2.28. The van der Waals surface area contributed by atoms with Crippen LogP contribution < -0.4 is 5.32 Å². The molecular formula is C13H19NO2S. The number of phenolic OH excluding ortho intramolecular Hbond substituents is 1. The maximum absolute atomic E-state index is 11.7. The number of aromatic hydroxyl groups is 1. The van der Waals surface area contributed by atoms with E-state index in [1.165, 1.54) is 11.8 Å². The number of rotatable bonds is 5. The first kappa shape index (κ1) is 13.9. The number of benzene rings is 1. The summed E-state index contributed by atoms with van der Waals surface area (Å²) >= 11 is 1.47. The predicted octanol–water partition coefficient (Wildman–Crippen LogP) is 2.79. The molecule has 1 rings (SSSR count). The molecule has 0 aliphatic carbocycles. The van der Waals surface area contributed by atoms with Gasteiger partial charge in [-0.3, -0.25) is 4.79 Å². The van der Waals surface area contributed by atoms with Gasteiger partial charge in [0.05, 0.1) is 5.75 Å². The van der Waals surface area contributed by atoms with Crippen molar-refractivity contribution in [2.45, 2.75) is 37.6 Å². The summed E-state index contributed by atoms with van der Waals surface area (Å²) in [5, 5.41) is 12.1. The maximum Gasteiger partial charge on any atom is 0.230 e. The van der Waals surface area contributed by atoms with Crippen molar-refractivity contribution in [3.63, 3.8) is 0 Å². The topological polar surface area (TPSA) is 49.3 Å². The SMILES string of the molecule is CCC(C)(C)NC(=O)CSc1ccc(O)cc1. The molecule has 0 saturated carbocycles. The van der Waals surface area contributed by atoms with Crippen LogP contribution >= 0.6 is 11.8 Å². The molecule has 0 atom stereocenters. The lowest BCUT2D eigenvalue weighted by atomic mass is 10.0. The van der Waals surface area contributed by atoms with E-state index in [1.54, 1.807) is 24.3 Å². The van der Waals surface area contributed by atoms with Gasteiger partial charge in [0.25, 0.3) is 0 Å². The third kappa shape index (κ3) is 5.13. The highest BCUT2D eigenvalue weighted by molar-refractivity contribution is 8.00. The molecule has 0 spiro atoms. The number of carbonyl (C=O) groups is 1. The Balaban J connectivity index is 2.41. The molecule has 94 valence electrons. The van der Waals surface area contributed by atoms with Crippen LogP contribution in [-0.4, -0.2) is 22.3 Å². The van der Waals surface area contributed by atoms with E-state index < -0.39 is 0 Å². The summed E-state index contributed by atoms with van der Waals surface area (Å²) in [5.41, 5.74) is -0.146. The Labute approximate surface area is 107 Å². The molecule has 0 saturated heterocycles. The molecular weight excluding hydrogens is 234 g/mol. The van der Waals surface area contributed by atoms with Gasteiger partial charge in [-0.25, -0.2) is 0 Å². The van der Waals surface area contributed by atoms with Crippen LogP contribution in [0.2, 0.25) is 0 Å². The van der Waals surface area contributed by atoms with Crippen molar-refractivity contribution in [1.29, 1.82) is 0 Å². The van der Waals surface area contributed by atoms with Crippen LogP contribution in [0.25, 0.3) is 0 Å². The summed E-state index contributed by atoms with van der Waals surface area (Å²) in [5.74, 6) is 0.676. The van der Waals surface area contributed by atoms with E-state index >= 15 is 0 Å². The number of amides is 1.